The molecule has 2 amide bonds. The average Bonchev–Trinajstić information content (AvgIpc) is 2.43. The van der Waals surface area contributed by atoms with Crippen LogP contribution in [0.2, 0.25) is 0 Å². The second-order valence-corrected chi connectivity index (χ2v) is 5.92. The van der Waals surface area contributed by atoms with E-state index in [1.54, 1.807) is 6.07 Å². The summed E-state index contributed by atoms with van der Waals surface area (Å²) >= 11 is 0. The molecule has 3 N–H and O–H groups in total. The highest BCUT2D eigenvalue weighted by molar-refractivity contribution is 6.01. The molecule has 0 spiro atoms. The lowest BCUT2D eigenvalue weighted by Gasteiger charge is -2.25. The van der Waals surface area contributed by atoms with E-state index in [-0.39, 0.29) is 24.8 Å². The highest BCUT2D eigenvalue weighted by Gasteiger charge is 2.30. The number of amides is 2. The number of nitrogens with one attached hydrogen (secondary N) is 2. The number of rotatable bonds is 5. The predicted octanol–water partition coefficient (Wildman–Crippen LogP) is 1.64. The number of aliphatic hydroxyl groups is 1. The number of carbonyl (C=O) groups is 2. The van der Waals surface area contributed by atoms with Crippen molar-refractivity contribution in [3.05, 3.63) is 29.8 Å². The first-order valence-corrected chi connectivity index (χ1v) is 7.32. The van der Waals surface area contributed by atoms with Gasteiger partial charge in [0.15, 0.2) is 0 Å². The Morgan fingerprint density at radius 2 is 2.14 bits per heavy atom. The molecule has 2 unspecified atom stereocenters. The summed E-state index contributed by atoms with van der Waals surface area (Å²) in [7, 11) is 0. The van der Waals surface area contributed by atoms with Crippen LogP contribution in [0.5, 0.6) is 0 Å². The van der Waals surface area contributed by atoms with Crippen LogP contribution >= 0.6 is 0 Å². The fraction of sp³-hybridized carbons (Fsp3) is 0.500. The molecule has 0 radical (unpaired) electrons. The highest BCUT2D eigenvalue weighted by Crippen LogP contribution is 2.31. The zero-order valence-corrected chi connectivity index (χ0v) is 12.4. The van der Waals surface area contributed by atoms with E-state index < -0.39 is 12.0 Å². The first-order chi connectivity index (χ1) is 9.97. The minimum absolute atomic E-state index is 0.142. The van der Waals surface area contributed by atoms with Gasteiger partial charge in [-0.05, 0) is 24.0 Å². The Morgan fingerprint density at radius 1 is 1.43 bits per heavy atom. The van der Waals surface area contributed by atoms with Gasteiger partial charge in [0.1, 0.15) is 0 Å². The predicted molar refractivity (Wildman–Crippen MR) is 80.9 cm³/mol. The summed E-state index contributed by atoms with van der Waals surface area (Å²) in [5, 5.41) is 15.3. The standard InChI is InChI=1S/C16H22N2O3/c1-10(2)7-11(19)9-17-16(21)13-8-15(20)18-14-6-4-3-5-12(13)14/h3-6,10-11,13,19H,7-9H2,1-2H3,(H,17,21)(H,18,20). The molecule has 2 atom stereocenters. The number of benzene rings is 1. The number of anilines is 1. The topological polar surface area (TPSA) is 78.4 Å². The number of hydrogen-bond donors (Lipinski definition) is 3. The van der Waals surface area contributed by atoms with E-state index in [2.05, 4.69) is 10.6 Å². The maximum atomic E-state index is 12.3. The van der Waals surface area contributed by atoms with Crippen molar-refractivity contribution in [2.75, 3.05) is 11.9 Å². The van der Waals surface area contributed by atoms with Gasteiger partial charge in [0.2, 0.25) is 11.8 Å². The quantitative estimate of drug-likeness (QED) is 0.771. The Bertz CT molecular complexity index is 528. The monoisotopic (exact) mass is 290 g/mol. The molecule has 0 saturated heterocycles. The summed E-state index contributed by atoms with van der Waals surface area (Å²) < 4.78 is 0. The van der Waals surface area contributed by atoms with Crippen LogP contribution in [-0.2, 0) is 9.59 Å². The van der Waals surface area contributed by atoms with Crippen LogP contribution in [0.25, 0.3) is 0 Å². The molecule has 1 aromatic carbocycles. The van der Waals surface area contributed by atoms with Crippen molar-refractivity contribution >= 4 is 17.5 Å². The van der Waals surface area contributed by atoms with Crippen LogP contribution in [0.15, 0.2) is 24.3 Å². The van der Waals surface area contributed by atoms with Crippen LogP contribution in [0, 0.1) is 5.92 Å². The van der Waals surface area contributed by atoms with Gasteiger partial charge in [0.25, 0.3) is 0 Å². The van der Waals surface area contributed by atoms with Crippen LogP contribution in [0.4, 0.5) is 5.69 Å². The van der Waals surface area contributed by atoms with Gasteiger partial charge >= 0.3 is 0 Å². The van der Waals surface area contributed by atoms with Crippen LogP contribution in [-0.4, -0.2) is 29.6 Å². The van der Waals surface area contributed by atoms with Gasteiger partial charge in [-0.1, -0.05) is 32.0 Å². The first kappa shape index (κ1) is 15.5. The maximum absolute atomic E-state index is 12.3. The lowest BCUT2D eigenvalue weighted by atomic mass is 9.90. The summed E-state index contributed by atoms with van der Waals surface area (Å²) in [5.41, 5.74) is 1.52. The Hall–Kier alpha value is -1.88. The molecule has 1 heterocycles. The van der Waals surface area contributed by atoms with E-state index in [0.29, 0.717) is 18.0 Å². The number of para-hydroxylation sites is 1. The van der Waals surface area contributed by atoms with E-state index in [1.807, 2.05) is 32.0 Å². The van der Waals surface area contributed by atoms with Crippen molar-refractivity contribution in [3.8, 4) is 0 Å². The van der Waals surface area contributed by atoms with Crippen LogP contribution in [0.1, 0.15) is 38.2 Å². The molecule has 0 bridgehead atoms. The smallest absolute Gasteiger partial charge is 0.228 e. The second kappa shape index (κ2) is 6.72. The Balaban J connectivity index is 2.01. The molecule has 21 heavy (non-hydrogen) atoms. The lowest BCUT2D eigenvalue weighted by Crippen LogP contribution is -2.38. The number of carbonyl (C=O) groups excluding carboxylic acids is 2. The van der Waals surface area contributed by atoms with Crippen LogP contribution < -0.4 is 10.6 Å². The summed E-state index contributed by atoms with van der Waals surface area (Å²) in [6.07, 6.45) is 0.229. The summed E-state index contributed by atoms with van der Waals surface area (Å²) in [4.78, 5) is 24.0. The van der Waals surface area contributed by atoms with E-state index in [1.165, 1.54) is 0 Å². The van der Waals surface area contributed by atoms with E-state index in [9.17, 15) is 14.7 Å². The number of hydrogen-bond acceptors (Lipinski definition) is 3. The van der Waals surface area contributed by atoms with Crippen molar-refractivity contribution in [3.63, 3.8) is 0 Å². The average molecular weight is 290 g/mol. The molecule has 5 nitrogen and oxygen atoms in total. The van der Waals surface area contributed by atoms with Gasteiger partial charge in [-0.15, -0.1) is 0 Å². The van der Waals surface area contributed by atoms with Crippen molar-refractivity contribution in [2.45, 2.75) is 38.7 Å². The lowest BCUT2D eigenvalue weighted by molar-refractivity contribution is -0.126. The normalized spacial score (nSPS) is 18.9. The molecule has 1 aliphatic heterocycles. The minimum Gasteiger partial charge on any atom is -0.391 e. The fourth-order valence-corrected chi connectivity index (χ4v) is 2.61. The van der Waals surface area contributed by atoms with E-state index in [4.69, 9.17) is 0 Å². The number of aliphatic hydroxyl groups excluding tert-OH is 1. The molecule has 114 valence electrons. The van der Waals surface area contributed by atoms with Crippen LogP contribution in [0.3, 0.4) is 0 Å². The Morgan fingerprint density at radius 3 is 2.86 bits per heavy atom. The highest BCUT2D eigenvalue weighted by atomic mass is 16.3. The third kappa shape index (κ3) is 4.04. The third-order valence-electron chi connectivity index (χ3n) is 3.57. The molecule has 0 saturated carbocycles. The molecule has 5 heteroatoms. The first-order valence-electron chi connectivity index (χ1n) is 7.32. The van der Waals surface area contributed by atoms with Crippen molar-refractivity contribution < 1.29 is 14.7 Å². The van der Waals surface area contributed by atoms with Gasteiger partial charge in [-0.3, -0.25) is 9.59 Å². The molecule has 1 aliphatic rings. The van der Waals surface area contributed by atoms with Gasteiger partial charge < -0.3 is 15.7 Å². The van der Waals surface area contributed by atoms with Gasteiger partial charge in [0, 0.05) is 18.7 Å². The van der Waals surface area contributed by atoms with Crippen molar-refractivity contribution in [1.82, 2.24) is 5.32 Å². The molecule has 0 fully saturated rings. The fourth-order valence-electron chi connectivity index (χ4n) is 2.61. The Kier molecular flexibility index (Phi) is 4.96. The molecular formula is C16H22N2O3. The third-order valence-corrected chi connectivity index (χ3v) is 3.57. The zero-order chi connectivity index (χ0) is 15.4. The Labute approximate surface area is 124 Å². The zero-order valence-electron chi connectivity index (χ0n) is 12.4. The maximum Gasteiger partial charge on any atom is 0.228 e. The molecule has 0 aromatic heterocycles. The van der Waals surface area contributed by atoms with E-state index >= 15 is 0 Å². The summed E-state index contributed by atoms with van der Waals surface area (Å²) in [6.45, 7) is 4.26. The SMILES string of the molecule is CC(C)CC(O)CNC(=O)C1CC(=O)Nc2ccccc21. The summed E-state index contributed by atoms with van der Waals surface area (Å²) in [5.74, 6) is -0.476. The van der Waals surface area contributed by atoms with Gasteiger partial charge in [-0.25, -0.2) is 0 Å². The number of fused-ring (bicyclic) bond motifs is 1. The minimum atomic E-state index is -0.554. The van der Waals surface area contributed by atoms with Crippen molar-refractivity contribution in [1.29, 1.82) is 0 Å². The van der Waals surface area contributed by atoms with E-state index in [0.717, 1.165) is 5.56 Å². The molecule has 2 rings (SSSR count). The summed E-state index contributed by atoms with van der Waals surface area (Å²) in [6, 6.07) is 7.32. The molecular weight excluding hydrogens is 268 g/mol. The second-order valence-electron chi connectivity index (χ2n) is 5.92. The largest absolute Gasteiger partial charge is 0.391 e. The molecule has 0 aliphatic carbocycles. The molecule has 1 aromatic rings. The van der Waals surface area contributed by atoms with Gasteiger partial charge in [0.05, 0.1) is 12.0 Å². The van der Waals surface area contributed by atoms with Gasteiger partial charge in [-0.2, -0.15) is 0 Å². The van der Waals surface area contributed by atoms with Crippen molar-refractivity contribution in [2.24, 2.45) is 5.92 Å².